The van der Waals surface area contributed by atoms with Crippen LogP contribution >= 0.6 is 11.6 Å². The number of benzene rings is 1. The number of likely N-dealkylation sites (N-methyl/N-ethyl adjacent to an activating group) is 1. The highest BCUT2D eigenvalue weighted by atomic mass is 35.5. The summed E-state index contributed by atoms with van der Waals surface area (Å²) in [6.07, 6.45) is 0. The number of hydrogen-bond acceptors (Lipinski definition) is 3. The molecule has 100 valence electrons. The monoisotopic (exact) mass is 271 g/mol. The summed E-state index contributed by atoms with van der Waals surface area (Å²) in [4.78, 5) is 12.6. The number of aliphatic carboxylic acids is 1. The molecule has 0 saturated heterocycles. The number of rotatable bonds is 5. The van der Waals surface area contributed by atoms with Gasteiger partial charge in [0.15, 0.2) is 5.60 Å². The quantitative estimate of drug-likeness (QED) is 0.862. The van der Waals surface area contributed by atoms with Crippen LogP contribution < -0.4 is 0 Å². The Hall–Kier alpha value is -1.10. The number of halogens is 1. The van der Waals surface area contributed by atoms with Crippen LogP contribution in [0.4, 0.5) is 0 Å². The van der Waals surface area contributed by atoms with Crippen molar-refractivity contribution < 1.29 is 15.0 Å². The van der Waals surface area contributed by atoms with Gasteiger partial charge in [-0.2, -0.15) is 0 Å². The third-order valence-electron chi connectivity index (χ3n) is 3.01. The van der Waals surface area contributed by atoms with Gasteiger partial charge in [-0.3, -0.25) is 4.90 Å². The van der Waals surface area contributed by atoms with E-state index in [2.05, 4.69) is 0 Å². The van der Waals surface area contributed by atoms with Gasteiger partial charge in [-0.05, 0) is 38.6 Å². The Morgan fingerprint density at radius 3 is 2.67 bits per heavy atom. The van der Waals surface area contributed by atoms with Crippen molar-refractivity contribution in [1.82, 2.24) is 4.90 Å². The van der Waals surface area contributed by atoms with Crippen molar-refractivity contribution in [2.45, 2.75) is 25.5 Å². The molecule has 2 atom stereocenters. The molecule has 0 spiro atoms. The lowest BCUT2D eigenvalue weighted by Gasteiger charge is -2.30. The zero-order valence-electron chi connectivity index (χ0n) is 10.7. The van der Waals surface area contributed by atoms with E-state index in [1.165, 1.54) is 6.92 Å². The molecule has 0 aromatic heterocycles. The molecule has 0 saturated carbocycles. The second-order valence-electron chi connectivity index (χ2n) is 4.73. The minimum Gasteiger partial charge on any atom is -0.479 e. The van der Waals surface area contributed by atoms with Crippen LogP contribution in [0.1, 0.15) is 25.5 Å². The van der Waals surface area contributed by atoms with Crippen molar-refractivity contribution >= 4 is 17.6 Å². The summed E-state index contributed by atoms with van der Waals surface area (Å²) >= 11 is 5.92. The Morgan fingerprint density at radius 1 is 1.56 bits per heavy atom. The third kappa shape index (κ3) is 3.70. The van der Waals surface area contributed by atoms with E-state index in [1.54, 1.807) is 18.0 Å². The Labute approximate surface area is 112 Å². The largest absolute Gasteiger partial charge is 0.479 e. The maximum atomic E-state index is 10.9. The minimum atomic E-state index is -1.76. The summed E-state index contributed by atoms with van der Waals surface area (Å²) in [5, 5.41) is 19.3. The summed E-state index contributed by atoms with van der Waals surface area (Å²) in [5.41, 5.74) is -0.784. The minimum absolute atomic E-state index is 0.0328. The van der Waals surface area contributed by atoms with Crippen LogP contribution in [0.15, 0.2) is 24.3 Å². The van der Waals surface area contributed by atoms with Gasteiger partial charge in [0, 0.05) is 17.6 Å². The van der Waals surface area contributed by atoms with Gasteiger partial charge in [0.2, 0.25) is 0 Å². The molecule has 0 amide bonds. The fourth-order valence-electron chi connectivity index (χ4n) is 1.71. The summed E-state index contributed by atoms with van der Waals surface area (Å²) in [6.45, 7) is 3.26. The molecule has 1 rings (SSSR count). The fourth-order valence-corrected chi connectivity index (χ4v) is 1.91. The predicted octanol–water partition coefficient (Wildman–Crippen LogP) is 2.17. The van der Waals surface area contributed by atoms with Gasteiger partial charge in [0.1, 0.15) is 0 Å². The predicted molar refractivity (Wildman–Crippen MR) is 70.8 cm³/mol. The Morgan fingerprint density at radius 2 is 2.17 bits per heavy atom. The number of hydrogen-bond donors (Lipinski definition) is 2. The molecule has 0 fully saturated rings. The maximum absolute atomic E-state index is 10.9. The number of carbonyl (C=O) groups is 1. The normalized spacial score (nSPS) is 16.3. The van der Waals surface area contributed by atoms with E-state index >= 15 is 0 Å². The third-order valence-corrected chi connectivity index (χ3v) is 3.25. The molecular formula is C13H18ClNO3. The second kappa shape index (κ2) is 5.69. The Bertz CT molecular complexity index is 434. The molecule has 0 aliphatic heterocycles. The van der Waals surface area contributed by atoms with Crippen LogP contribution in [0.25, 0.3) is 0 Å². The molecule has 2 unspecified atom stereocenters. The lowest BCUT2D eigenvalue weighted by molar-refractivity contribution is -0.158. The highest BCUT2D eigenvalue weighted by Gasteiger charge is 2.32. The molecule has 0 aliphatic carbocycles. The molecular weight excluding hydrogens is 254 g/mol. The van der Waals surface area contributed by atoms with Crippen LogP contribution in [0, 0.1) is 0 Å². The van der Waals surface area contributed by atoms with Gasteiger partial charge in [-0.25, -0.2) is 4.79 Å². The molecule has 5 heteroatoms. The second-order valence-corrected chi connectivity index (χ2v) is 5.16. The van der Waals surface area contributed by atoms with Gasteiger partial charge in [0.05, 0.1) is 0 Å². The number of carboxylic acids is 1. The summed E-state index contributed by atoms with van der Waals surface area (Å²) in [5.74, 6) is -1.23. The van der Waals surface area contributed by atoms with Crippen molar-refractivity contribution in [2.24, 2.45) is 0 Å². The van der Waals surface area contributed by atoms with E-state index in [-0.39, 0.29) is 12.6 Å². The Kier molecular flexibility index (Phi) is 4.73. The van der Waals surface area contributed by atoms with Crippen molar-refractivity contribution in [3.63, 3.8) is 0 Å². The van der Waals surface area contributed by atoms with Crippen molar-refractivity contribution in [3.05, 3.63) is 34.9 Å². The topological polar surface area (TPSA) is 60.8 Å². The van der Waals surface area contributed by atoms with E-state index in [0.717, 1.165) is 5.56 Å². The summed E-state index contributed by atoms with van der Waals surface area (Å²) in [7, 11) is 1.77. The molecule has 1 aromatic rings. The molecule has 2 N–H and O–H groups in total. The van der Waals surface area contributed by atoms with Crippen molar-refractivity contribution in [1.29, 1.82) is 0 Å². The van der Waals surface area contributed by atoms with Crippen molar-refractivity contribution in [2.75, 3.05) is 13.6 Å². The van der Waals surface area contributed by atoms with E-state index in [4.69, 9.17) is 16.7 Å². The number of nitrogens with zero attached hydrogens (tertiary/aromatic N) is 1. The molecule has 1 aromatic carbocycles. The van der Waals surface area contributed by atoms with Gasteiger partial charge >= 0.3 is 5.97 Å². The zero-order chi connectivity index (χ0) is 13.9. The maximum Gasteiger partial charge on any atom is 0.336 e. The summed E-state index contributed by atoms with van der Waals surface area (Å²) < 4.78 is 0. The van der Waals surface area contributed by atoms with Crippen LogP contribution in [-0.2, 0) is 4.79 Å². The van der Waals surface area contributed by atoms with Gasteiger partial charge in [-0.1, -0.05) is 23.7 Å². The average Bonchev–Trinajstić information content (AvgIpc) is 2.27. The highest BCUT2D eigenvalue weighted by Crippen LogP contribution is 2.23. The first-order chi connectivity index (χ1) is 8.24. The number of aliphatic hydroxyl groups is 1. The van der Waals surface area contributed by atoms with E-state index in [9.17, 15) is 9.90 Å². The number of carboxylic acid groups (broad SMARTS) is 1. The molecule has 0 radical (unpaired) electrons. The van der Waals surface area contributed by atoms with E-state index < -0.39 is 11.6 Å². The Balaban J connectivity index is 2.79. The first-order valence-electron chi connectivity index (χ1n) is 5.65. The van der Waals surface area contributed by atoms with Crippen LogP contribution in [0.5, 0.6) is 0 Å². The lowest BCUT2D eigenvalue weighted by Crippen LogP contribution is -2.46. The average molecular weight is 272 g/mol. The van der Waals surface area contributed by atoms with Gasteiger partial charge in [-0.15, -0.1) is 0 Å². The zero-order valence-corrected chi connectivity index (χ0v) is 11.5. The summed E-state index contributed by atoms with van der Waals surface area (Å²) in [6, 6.07) is 7.35. The lowest BCUT2D eigenvalue weighted by atomic mass is 10.0. The standard InChI is InChI=1S/C13H18ClNO3/c1-9(10-5-4-6-11(14)7-10)15(3)8-13(2,18)12(16)17/h4-7,9,18H,8H2,1-3H3,(H,16,17). The first kappa shape index (κ1) is 15.0. The van der Waals surface area contributed by atoms with Gasteiger partial charge < -0.3 is 10.2 Å². The molecule has 18 heavy (non-hydrogen) atoms. The van der Waals surface area contributed by atoms with Crippen LogP contribution in [0.2, 0.25) is 5.02 Å². The van der Waals surface area contributed by atoms with Gasteiger partial charge in [0.25, 0.3) is 0 Å². The highest BCUT2D eigenvalue weighted by molar-refractivity contribution is 6.30. The van der Waals surface area contributed by atoms with E-state index in [0.29, 0.717) is 5.02 Å². The van der Waals surface area contributed by atoms with Crippen LogP contribution in [0.3, 0.4) is 0 Å². The first-order valence-corrected chi connectivity index (χ1v) is 6.03. The van der Waals surface area contributed by atoms with E-state index in [1.807, 2.05) is 25.1 Å². The SMILES string of the molecule is CC(c1cccc(Cl)c1)N(C)CC(C)(O)C(=O)O. The van der Waals surface area contributed by atoms with Crippen molar-refractivity contribution in [3.8, 4) is 0 Å². The smallest absolute Gasteiger partial charge is 0.336 e. The molecule has 0 heterocycles. The van der Waals surface area contributed by atoms with Crippen LogP contribution in [-0.4, -0.2) is 40.3 Å². The molecule has 4 nitrogen and oxygen atoms in total. The molecule has 0 bridgehead atoms. The molecule has 0 aliphatic rings. The fraction of sp³-hybridized carbons (Fsp3) is 0.462.